The maximum atomic E-state index is 12.5. The molecule has 0 spiro atoms. The van der Waals surface area contributed by atoms with Gasteiger partial charge in [0.2, 0.25) is 0 Å². The first kappa shape index (κ1) is 24.9. The van der Waals surface area contributed by atoms with Gasteiger partial charge in [0.15, 0.2) is 0 Å². The number of amides is 2. The van der Waals surface area contributed by atoms with E-state index in [0.717, 1.165) is 5.56 Å². The molecule has 0 saturated carbocycles. The minimum absolute atomic E-state index is 0.164. The molecular weight excluding hydrogens is 462 g/mol. The summed E-state index contributed by atoms with van der Waals surface area (Å²) in [5.74, 6) is -1.08. The molecule has 2 amide bonds. The second kappa shape index (κ2) is 10.8. The van der Waals surface area contributed by atoms with Crippen molar-refractivity contribution in [2.24, 2.45) is 0 Å². The zero-order valence-corrected chi connectivity index (χ0v) is 19.9. The van der Waals surface area contributed by atoms with E-state index >= 15 is 0 Å². The van der Waals surface area contributed by atoms with Crippen LogP contribution < -0.4 is 10.6 Å². The van der Waals surface area contributed by atoms with E-state index in [-0.39, 0.29) is 22.0 Å². The molecule has 2 rings (SSSR count). The summed E-state index contributed by atoms with van der Waals surface area (Å²) in [6.07, 6.45) is -0.565. The fraction of sp³-hybridized carbons (Fsp3) is 0.286. The Morgan fingerprint density at radius 3 is 2.13 bits per heavy atom. The Kier molecular flexibility index (Phi) is 8.69. The smallest absolute Gasteiger partial charge is 0.408 e. The van der Waals surface area contributed by atoms with Gasteiger partial charge in [0, 0.05) is 12.1 Å². The van der Waals surface area contributed by atoms with Crippen molar-refractivity contribution < 1.29 is 23.6 Å². The number of carbonyl (C=O) groups is 3. The maximum absolute atomic E-state index is 12.5. The summed E-state index contributed by atoms with van der Waals surface area (Å²) in [4.78, 5) is 36.6. The number of carbonyl (C=O) groups excluding carboxylic acids is 3. The van der Waals surface area contributed by atoms with E-state index in [1.54, 1.807) is 63.2 Å². The highest BCUT2D eigenvalue weighted by molar-refractivity contribution is 7.10. The zero-order chi connectivity index (χ0) is 23.2. The number of hydrogen-bond acceptors (Lipinski definition) is 5. The Morgan fingerprint density at radius 1 is 1.03 bits per heavy atom. The Bertz CT molecular complexity index is 941. The first-order chi connectivity index (χ1) is 14.5. The molecule has 0 radical (unpaired) electrons. The predicted octanol–water partition coefficient (Wildman–Crippen LogP) is 5.01. The normalized spacial score (nSPS) is 11.9. The lowest BCUT2D eigenvalue weighted by atomic mass is 10.1. The van der Waals surface area contributed by atoms with Gasteiger partial charge in [-0.1, -0.05) is 41.4 Å². The molecule has 0 heterocycles. The monoisotopic (exact) mass is 484 g/mol. The molecule has 0 aromatic heterocycles. The van der Waals surface area contributed by atoms with Crippen LogP contribution in [0.15, 0.2) is 42.5 Å². The summed E-state index contributed by atoms with van der Waals surface area (Å²) < 4.78 is 9.88. The second-order valence-electron chi connectivity index (χ2n) is 7.59. The summed E-state index contributed by atoms with van der Waals surface area (Å²) in [6, 6.07) is 10.6. The third-order valence-electron chi connectivity index (χ3n) is 3.93. The van der Waals surface area contributed by atoms with Crippen molar-refractivity contribution in [1.82, 2.24) is 5.32 Å². The number of benzene rings is 2. The number of rotatable bonds is 6. The van der Waals surface area contributed by atoms with Gasteiger partial charge in [0.25, 0.3) is 5.91 Å². The van der Waals surface area contributed by atoms with Crippen LogP contribution in [0.3, 0.4) is 0 Å². The molecule has 2 aromatic carbocycles. The van der Waals surface area contributed by atoms with Crippen molar-refractivity contribution in [3.05, 3.63) is 63.6 Å². The lowest BCUT2D eigenvalue weighted by Gasteiger charge is -2.22. The summed E-state index contributed by atoms with van der Waals surface area (Å²) in [7, 11) is 1.86. The van der Waals surface area contributed by atoms with Gasteiger partial charge in [-0.2, -0.15) is 0 Å². The molecule has 0 aliphatic rings. The van der Waals surface area contributed by atoms with Crippen LogP contribution in [0.4, 0.5) is 10.5 Å². The molecule has 2 aromatic rings. The lowest BCUT2D eigenvalue weighted by molar-refractivity contribution is -0.135. The van der Waals surface area contributed by atoms with Gasteiger partial charge >= 0.3 is 12.1 Å². The van der Waals surface area contributed by atoms with E-state index in [0.29, 0.717) is 5.69 Å². The minimum atomic E-state index is -0.949. The van der Waals surface area contributed by atoms with Crippen LogP contribution in [-0.2, 0) is 20.5 Å². The molecule has 10 heteroatoms. The fourth-order valence-electron chi connectivity index (χ4n) is 2.59. The highest BCUT2D eigenvalue weighted by Gasteiger charge is 2.25. The van der Waals surface area contributed by atoms with Crippen LogP contribution in [-0.4, -0.2) is 29.6 Å². The number of ether oxygens (including phenoxy) is 1. The number of hydrogen-bond donors (Lipinski definition) is 2. The fourth-order valence-corrected chi connectivity index (χ4v) is 3.33. The minimum Gasteiger partial charge on any atom is -0.450 e. The molecule has 0 bridgehead atoms. The molecule has 2 atom stereocenters. The van der Waals surface area contributed by atoms with Crippen LogP contribution in [0.2, 0.25) is 10.0 Å². The largest absolute Gasteiger partial charge is 0.450 e. The third kappa shape index (κ3) is 7.69. The Balaban J connectivity index is 2.07. The molecule has 31 heavy (non-hydrogen) atoms. The lowest BCUT2D eigenvalue weighted by Crippen LogP contribution is -2.44. The Hall–Kier alpha value is -2.34. The van der Waals surface area contributed by atoms with E-state index in [1.807, 2.05) is 9.47 Å². The van der Waals surface area contributed by atoms with Crippen molar-refractivity contribution >= 4 is 56.3 Å². The molecular formula is C21H23Cl2N2O5P. The van der Waals surface area contributed by atoms with Gasteiger partial charge in [0.1, 0.15) is 11.6 Å². The van der Waals surface area contributed by atoms with E-state index in [4.69, 9.17) is 27.9 Å². The number of anilines is 1. The second-order valence-corrected chi connectivity index (χ2v) is 8.64. The molecule has 7 nitrogen and oxygen atoms in total. The highest BCUT2D eigenvalue weighted by atomic mass is 35.5. The molecule has 0 saturated heterocycles. The average molecular weight is 485 g/mol. The van der Waals surface area contributed by atoms with Crippen molar-refractivity contribution in [2.45, 2.75) is 38.8 Å². The Labute approximate surface area is 193 Å². The van der Waals surface area contributed by atoms with Gasteiger partial charge in [-0.15, -0.1) is 0 Å². The van der Waals surface area contributed by atoms with Gasteiger partial charge in [0.05, 0.1) is 25.1 Å². The molecule has 0 aliphatic heterocycles. The topological polar surface area (TPSA) is 93.7 Å². The number of alkyl carbamates (subject to hydrolysis) is 1. The predicted molar refractivity (Wildman–Crippen MR) is 124 cm³/mol. The zero-order valence-electron chi connectivity index (χ0n) is 17.2. The van der Waals surface area contributed by atoms with Gasteiger partial charge in [-0.3, -0.25) is 4.79 Å². The van der Waals surface area contributed by atoms with Crippen molar-refractivity contribution in [1.29, 1.82) is 0 Å². The highest BCUT2D eigenvalue weighted by Crippen LogP contribution is 2.25. The van der Waals surface area contributed by atoms with Crippen molar-refractivity contribution in [3.8, 4) is 0 Å². The van der Waals surface area contributed by atoms with Crippen LogP contribution in [0.25, 0.3) is 0 Å². The van der Waals surface area contributed by atoms with E-state index in [1.165, 1.54) is 0 Å². The van der Waals surface area contributed by atoms with Crippen LogP contribution in [0.5, 0.6) is 0 Å². The first-order valence-electron chi connectivity index (χ1n) is 9.24. The molecule has 166 valence electrons. The van der Waals surface area contributed by atoms with Gasteiger partial charge in [-0.25, -0.2) is 9.59 Å². The molecule has 0 aliphatic carbocycles. The van der Waals surface area contributed by atoms with Gasteiger partial charge in [-0.05, 0) is 50.6 Å². The molecule has 1 unspecified atom stereocenters. The van der Waals surface area contributed by atoms with E-state index in [2.05, 4.69) is 15.2 Å². The average Bonchev–Trinajstić information content (AvgIpc) is 2.66. The van der Waals surface area contributed by atoms with Gasteiger partial charge < -0.3 is 19.9 Å². The summed E-state index contributed by atoms with van der Waals surface area (Å²) in [5, 5.41) is 5.71. The SMILES string of the molecule is CC(C)(C)OC(=O)N[C@@H](Cc1ccc(NC(=O)c2c(Cl)cccc2Cl)cc1)C(=O)OP. The third-order valence-corrected chi connectivity index (χ3v) is 4.80. The summed E-state index contributed by atoms with van der Waals surface area (Å²) in [6.45, 7) is 5.16. The summed E-state index contributed by atoms with van der Waals surface area (Å²) >= 11 is 12.1. The number of halogens is 2. The van der Waals surface area contributed by atoms with Crippen molar-refractivity contribution in [2.75, 3.05) is 5.32 Å². The summed E-state index contributed by atoms with van der Waals surface area (Å²) in [5.41, 5.74) is 0.712. The van der Waals surface area contributed by atoms with Crippen LogP contribution in [0, 0.1) is 0 Å². The Morgan fingerprint density at radius 2 is 1.61 bits per heavy atom. The first-order valence-corrected chi connectivity index (χ1v) is 10.5. The molecule has 2 N–H and O–H groups in total. The van der Waals surface area contributed by atoms with E-state index in [9.17, 15) is 14.4 Å². The standard InChI is InChI=1S/C21H23Cl2N2O5P/c1-21(2,3)29-20(28)25-16(19(27)30-31)11-12-7-9-13(10-8-12)24-18(26)17-14(22)5-4-6-15(17)23/h4-10,16H,11,31H2,1-3H3,(H,24,26)(H,25,28)/t16-/m0/s1. The van der Waals surface area contributed by atoms with Crippen molar-refractivity contribution in [3.63, 3.8) is 0 Å². The molecule has 0 fully saturated rings. The van der Waals surface area contributed by atoms with Crippen LogP contribution >= 0.6 is 32.7 Å². The quantitative estimate of drug-likeness (QED) is 0.561. The maximum Gasteiger partial charge on any atom is 0.408 e. The number of nitrogens with one attached hydrogen (secondary N) is 2. The van der Waals surface area contributed by atoms with E-state index < -0.39 is 29.6 Å². The van der Waals surface area contributed by atoms with Crippen LogP contribution in [0.1, 0.15) is 36.7 Å².